The van der Waals surface area contributed by atoms with Crippen LogP contribution in [0.2, 0.25) is 5.02 Å². The number of benzene rings is 2. The molecule has 1 aliphatic heterocycles. The molecule has 7 nitrogen and oxygen atoms in total. The van der Waals surface area contributed by atoms with Crippen molar-refractivity contribution in [3.05, 3.63) is 58.1 Å². The second-order valence-corrected chi connectivity index (χ2v) is 7.76. The standard InChI is InChI=1S/C17H13ClF4NO6P/c1-28-14-5-3-10(18)7-12(14)16(19)11-4-2-9(17(20,21)22)6-13(11)23(15(16)24)8-29-30(25,26)27/h2-7H,8H2,1H3,(H2,25,26,27)/p-2/t16-/m1/s1. The number of anilines is 1. The van der Waals surface area contributed by atoms with Crippen LogP contribution in [0.25, 0.3) is 0 Å². The molecule has 0 saturated heterocycles. The number of phosphoric ester groups is 1. The molecule has 1 aliphatic rings. The number of ether oxygens (including phenoxy) is 1. The van der Waals surface area contributed by atoms with Gasteiger partial charge in [0.25, 0.3) is 5.91 Å². The molecule has 1 amide bonds. The maximum absolute atomic E-state index is 16.3. The highest BCUT2D eigenvalue weighted by Crippen LogP contribution is 2.51. The number of hydrogen-bond acceptors (Lipinski definition) is 6. The highest BCUT2D eigenvalue weighted by Gasteiger charge is 2.55. The van der Waals surface area contributed by atoms with E-state index in [0.29, 0.717) is 17.0 Å². The fourth-order valence-corrected chi connectivity index (χ4v) is 3.53. The number of amides is 1. The lowest BCUT2D eigenvalue weighted by atomic mass is 9.88. The molecule has 0 spiro atoms. The number of hydrogen-bond donors (Lipinski definition) is 0. The van der Waals surface area contributed by atoms with Gasteiger partial charge in [-0.3, -0.25) is 9.69 Å². The minimum atomic E-state index is -5.62. The molecule has 0 N–H and O–H groups in total. The van der Waals surface area contributed by atoms with Gasteiger partial charge in [0.1, 0.15) is 12.5 Å². The van der Waals surface area contributed by atoms with Gasteiger partial charge in [0.05, 0.1) is 26.2 Å². The van der Waals surface area contributed by atoms with Crippen molar-refractivity contribution in [1.82, 2.24) is 0 Å². The summed E-state index contributed by atoms with van der Waals surface area (Å²) in [5, 5.41) is 0.00223. The van der Waals surface area contributed by atoms with E-state index in [2.05, 4.69) is 4.52 Å². The van der Waals surface area contributed by atoms with E-state index in [9.17, 15) is 32.3 Å². The Kier molecular flexibility index (Phi) is 5.63. The summed E-state index contributed by atoms with van der Waals surface area (Å²) in [6, 6.07) is 5.40. The number of methoxy groups -OCH3 is 1. The van der Waals surface area contributed by atoms with Crippen LogP contribution in [-0.2, 0) is 25.7 Å². The summed E-state index contributed by atoms with van der Waals surface area (Å²) in [7, 11) is -4.45. The van der Waals surface area contributed by atoms with Gasteiger partial charge in [-0.25, -0.2) is 4.39 Å². The molecule has 1 atom stereocenters. The third-order valence-electron chi connectivity index (χ3n) is 4.40. The van der Waals surface area contributed by atoms with Crippen molar-refractivity contribution < 1.29 is 46.0 Å². The largest absolute Gasteiger partial charge is 0.790 e. The van der Waals surface area contributed by atoms with Gasteiger partial charge >= 0.3 is 6.18 Å². The van der Waals surface area contributed by atoms with E-state index in [-0.39, 0.29) is 10.8 Å². The second kappa shape index (κ2) is 7.51. The topological polar surface area (TPSA) is 102 Å². The molecule has 30 heavy (non-hydrogen) atoms. The van der Waals surface area contributed by atoms with Gasteiger partial charge in [-0.2, -0.15) is 13.2 Å². The van der Waals surface area contributed by atoms with E-state index < -0.39 is 54.7 Å². The Morgan fingerprint density at radius 2 is 1.83 bits per heavy atom. The Bertz CT molecular complexity index is 1060. The molecule has 0 bridgehead atoms. The van der Waals surface area contributed by atoms with Crippen LogP contribution in [0.3, 0.4) is 0 Å². The molecule has 1 heterocycles. The Balaban J connectivity index is 2.24. The second-order valence-electron chi connectivity index (χ2n) is 6.17. The van der Waals surface area contributed by atoms with Crippen molar-refractivity contribution in [3.63, 3.8) is 0 Å². The molecule has 0 radical (unpaired) electrons. The number of halogens is 5. The van der Waals surface area contributed by atoms with Gasteiger partial charge in [-0.15, -0.1) is 0 Å². The SMILES string of the molecule is COc1ccc(Cl)cc1[C@@]1(F)C(=O)N(COP(=O)([O-])[O-])c2cc(C(F)(F)F)ccc21. The first-order valence-corrected chi connectivity index (χ1v) is 9.86. The average Bonchev–Trinajstić information content (AvgIpc) is 2.86. The summed E-state index contributed by atoms with van der Waals surface area (Å²) in [6.07, 6.45) is -4.84. The fraction of sp³-hybridized carbons (Fsp3) is 0.235. The summed E-state index contributed by atoms with van der Waals surface area (Å²) in [6.45, 7) is -1.31. The van der Waals surface area contributed by atoms with E-state index in [1.54, 1.807) is 0 Å². The minimum absolute atomic E-state index is 0.00223. The average molecular weight is 468 g/mol. The first-order chi connectivity index (χ1) is 13.8. The zero-order chi connectivity index (χ0) is 22.5. The number of phosphoric acid groups is 1. The summed E-state index contributed by atoms with van der Waals surface area (Å²) >= 11 is 5.89. The monoisotopic (exact) mass is 467 g/mol. The molecule has 3 rings (SSSR count). The summed E-state index contributed by atoms with van der Waals surface area (Å²) in [5.41, 5.74) is -5.88. The van der Waals surface area contributed by atoms with Crippen LogP contribution >= 0.6 is 19.4 Å². The highest BCUT2D eigenvalue weighted by atomic mass is 35.5. The molecule has 0 aliphatic carbocycles. The van der Waals surface area contributed by atoms with Crippen molar-refractivity contribution in [2.45, 2.75) is 11.8 Å². The number of carbonyl (C=O) groups excluding carboxylic acids is 1. The molecule has 13 heteroatoms. The van der Waals surface area contributed by atoms with Crippen LogP contribution in [0.5, 0.6) is 5.75 Å². The van der Waals surface area contributed by atoms with Gasteiger partial charge < -0.3 is 23.6 Å². The molecule has 2 aromatic rings. The molecule has 0 unspecified atom stereocenters. The summed E-state index contributed by atoms with van der Waals surface area (Å²) in [5.74, 6) is -1.62. The van der Waals surface area contributed by atoms with Crippen LogP contribution in [0.15, 0.2) is 36.4 Å². The lowest BCUT2D eigenvalue weighted by Crippen LogP contribution is -2.40. The van der Waals surface area contributed by atoms with Crippen molar-refractivity contribution in [2.75, 3.05) is 18.7 Å². The van der Waals surface area contributed by atoms with Crippen LogP contribution in [0.4, 0.5) is 23.2 Å². The minimum Gasteiger partial charge on any atom is -0.790 e. The molecule has 2 aromatic carbocycles. The Labute approximate surface area is 172 Å². The highest BCUT2D eigenvalue weighted by molar-refractivity contribution is 7.43. The fourth-order valence-electron chi connectivity index (χ4n) is 3.10. The zero-order valence-electron chi connectivity index (χ0n) is 14.9. The molecular formula is C17H11ClF4NO6P-2. The van der Waals surface area contributed by atoms with E-state index >= 15 is 4.39 Å². The maximum Gasteiger partial charge on any atom is 0.416 e. The first kappa shape index (κ1) is 22.5. The van der Waals surface area contributed by atoms with E-state index in [4.69, 9.17) is 16.3 Å². The van der Waals surface area contributed by atoms with Gasteiger partial charge in [-0.05, 0) is 30.3 Å². The zero-order valence-corrected chi connectivity index (χ0v) is 16.6. The first-order valence-electron chi connectivity index (χ1n) is 8.02. The van der Waals surface area contributed by atoms with E-state index in [0.717, 1.165) is 12.1 Å². The van der Waals surface area contributed by atoms with Gasteiger partial charge in [-0.1, -0.05) is 17.7 Å². The van der Waals surface area contributed by atoms with Crippen molar-refractivity contribution in [1.29, 1.82) is 0 Å². The predicted octanol–water partition coefficient (Wildman–Crippen LogP) is 2.73. The van der Waals surface area contributed by atoms with E-state index in [1.807, 2.05) is 0 Å². The number of fused-ring (bicyclic) bond motifs is 1. The van der Waals surface area contributed by atoms with Crippen molar-refractivity contribution in [3.8, 4) is 5.75 Å². The van der Waals surface area contributed by atoms with Crippen LogP contribution < -0.4 is 19.4 Å². The van der Waals surface area contributed by atoms with Gasteiger partial charge in [0, 0.05) is 16.1 Å². The van der Waals surface area contributed by atoms with Gasteiger partial charge in [0.15, 0.2) is 0 Å². The van der Waals surface area contributed by atoms with Crippen molar-refractivity contribution >= 4 is 31.0 Å². The Morgan fingerprint density at radius 3 is 2.40 bits per heavy atom. The Hall–Kier alpha value is -2.17. The molecule has 162 valence electrons. The quantitative estimate of drug-likeness (QED) is 0.495. The normalized spacial score (nSPS) is 19.2. The van der Waals surface area contributed by atoms with Crippen LogP contribution in [-0.4, -0.2) is 19.7 Å². The molecular weight excluding hydrogens is 457 g/mol. The lowest BCUT2D eigenvalue weighted by molar-refractivity contribution is -0.341. The molecule has 0 saturated carbocycles. The smallest absolute Gasteiger partial charge is 0.416 e. The number of nitrogens with zero attached hydrogens (tertiary/aromatic N) is 1. The Morgan fingerprint density at radius 1 is 1.17 bits per heavy atom. The number of carbonyl (C=O) groups is 1. The van der Waals surface area contributed by atoms with Crippen LogP contribution in [0, 0.1) is 0 Å². The lowest BCUT2D eigenvalue weighted by Gasteiger charge is -2.31. The summed E-state index contributed by atoms with van der Waals surface area (Å²) < 4.78 is 75.5. The predicted molar refractivity (Wildman–Crippen MR) is 92.4 cm³/mol. The van der Waals surface area contributed by atoms with Crippen LogP contribution in [0.1, 0.15) is 16.7 Å². The van der Waals surface area contributed by atoms with Gasteiger partial charge in [0.2, 0.25) is 5.67 Å². The molecule has 0 fully saturated rings. The summed E-state index contributed by atoms with van der Waals surface area (Å²) in [4.78, 5) is 34.9. The maximum atomic E-state index is 16.3. The van der Waals surface area contributed by atoms with Crippen molar-refractivity contribution in [2.24, 2.45) is 0 Å². The number of rotatable bonds is 5. The molecule has 0 aromatic heterocycles. The van der Waals surface area contributed by atoms with E-state index in [1.165, 1.54) is 19.2 Å². The third kappa shape index (κ3) is 3.91. The number of alkyl halides is 4. The third-order valence-corrected chi connectivity index (χ3v) is 5.07.